The second kappa shape index (κ2) is 4.89. The molecule has 1 heterocycles. The van der Waals surface area contributed by atoms with Crippen molar-refractivity contribution in [1.29, 1.82) is 0 Å². The van der Waals surface area contributed by atoms with Crippen molar-refractivity contribution in [2.45, 2.75) is 32.1 Å². The van der Waals surface area contributed by atoms with E-state index in [2.05, 4.69) is 12.1 Å². The highest BCUT2D eigenvalue weighted by atomic mass is 35.5. The molecular formula is C15H17ClN2O. The molecule has 4 heteroatoms. The Morgan fingerprint density at radius 3 is 2.79 bits per heavy atom. The van der Waals surface area contributed by atoms with Gasteiger partial charge in [-0.05, 0) is 18.4 Å². The third kappa shape index (κ3) is 2.12. The summed E-state index contributed by atoms with van der Waals surface area (Å²) in [6.07, 6.45) is 3.62. The van der Waals surface area contributed by atoms with Gasteiger partial charge in [-0.1, -0.05) is 54.7 Å². The van der Waals surface area contributed by atoms with Gasteiger partial charge in [0.05, 0.1) is 11.3 Å². The molecule has 3 nitrogen and oxygen atoms in total. The molecule has 0 aliphatic heterocycles. The molecular weight excluding hydrogens is 260 g/mol. The Kier molecular flexibility index (Phi) is 3.23. The van der Waals surface area contributed by atoms with E-state index < -0.39 is 0 Å². The third-order valence-corrected chi connectivity index (χ3v) is 4.43. The van der Waals surface area contributed by atoms with E-state index in [-0.39, 0.29) is 0 Å². The summed E-state index contributed by atoms with van der Waals surface area (Å²) in [5, 5.41) is 4.89. The minimum absolute atomic E-state index is 0.363. The number of nitrogen functional groups attached to an aromatic ring is 1. The van der Waals surface area contributed by atoms with Crippen molar-refractivity contribution in [3.05, 3.63) is 35.0 Å². The lowest BCUT2D eigenvalue weighted by molar-refractivity contribution is 0.407. The van der Waals surface area contributed by atoms with Gasteiger partial charge in [0.1, 0.15) is 0 Å². The van der Waals surface area contributed by atoms with Gasteiger partial charge in [0, 0.05) is 16.5 Å². The van der Waals surface area contributed by atoms with Crippen LogP contribution in [0.4, 0.5) is 5.88 Å². The molecule has 0 bridgehead atoms. The van der Waals surface area contributed by atoms with Gasteiger partial charge < -0.3 is 10.3 Å². The number of rotatable bonds is 2. The van der Waals surface area contributed by atoms with Crippen LogP contribution in [0.3, 0.4) is 0 Å². The zero-order valence-electron chi connectivity index (χ0n) is 10.9. The number of halogens is 1. The summed E-state index contributed by atoms with van der Waals surface area (Å²) < 4.78 is 5.23. The normalized spacial score (nSPS) is 22.8. The number of nitrogens with two attached hydrogens (primary N) is 1. The average Bonchev–Trinajstić information content (AvgIpc) is 2.96. The van der Waals surface area contributed by atoms with Gasteiger partial charge in [0.15, 0.2) is 0 Å². The van der Waals surface area contributed by atoms with Crippen LogP contribution in [0.15, 0.2) is 28.8 Å². The van der Waals surface area contributed by atoms with Crippen LogP contribution in [0, 0.1) is 5.92 Å². The molecule has 1 aliphatic rings. The Labute approximate surface area is 117 Å². The summed E-state index contributed by atoms with van der Waals surface area (Å²) in [5.74, 6) is 1.40. The lowest BCUT2D eigenvalue weighted by Crippen LogP contribution is -2.04. The summed E-state index contributed by atoms with van der Waals surface area (Å²) >= 11 is 6.28. The Balaban J connectivity index is 2.11. The Hall–Kier alpha value is -1.48. The van der Waals surface area contributed by atoms with E-state index in [1.165, 1.54) is 12.8 Å². The van der Waals surface area contributed by atoms with E-state index in [0.29, 0.717) is 22.7 Å². The molecule has 2 N–H and O–H groups in total. The maximum atomic E-state index is 6.28. The SMILES string of the molecule is CC1CCCC1c1noc(N)c1-c1ccccc1Cl. The Bertz CT molecular complexity index is 594. The van der Waals surface area contributed by atoms with Crippen molar-refractivity contribution < 1.29 is 4.52 Å². The fraction of sp³-hybridized carbons (Fsp3) is 0.400. The second-order valence-electron chi connectivity index (χ2n) is 5.30. The minimum atomic E-state index is 0.363. The van der Waals surface area contributed by atoms with Crippen LogP contribution in [0.5, 0.6) is 0 Å². The molecule has 1 aromatic heterocycles. The highest BCUT2D eigenvalue weighted by molar-refractivity contribution is 6.33. The number of benzene rings is 1. The number of nitrogens with zero attached hydrogens (tertiary/aromatic N) is 1. The van der Waals surface area contributed by atoms with E-state index >= 15 is 0 Å². The number of anilines is 1. The van der Waals surface area contributed by atoms with Crippen LogP contribution in [-0.2, 0) is 0 Å². The zero-order chi connectivity index (χ0) is 13.4. The van der Waals surface area contributed by atoms with Gasteiger partial charge in [-0.15, -0.1) is 0 Å². The molecule has 3 rings (SSSR count). The highest BCUT2D eigenvalue weighted by Crippen LogP contribution is 2.45. The van der Waals surface area contributed by atoms with E-state index in [4.69, 9.17) is 21.9 Å². The Morgan fingerprint density at radius 2 is 2.11 bits per heavy atom. The molecule has 1 fully saturated rings. The molecule has 1 aliphatic carbocycles. The summed E-state index contributed by atoms with van der Waals surface area (Å²) in [6, 6.07) is 7.70. The van der Waals surface area contributed by atoms with Crippen LogP contribution in [0.1, 0.15) is 37.8 Å². The highest BCUT2D eigenvalue weighted by Gasteiger charge is 2.31. The van der Waals surface area contributed by atoms with Gasteiger partial charge in [-0.3, -0.25) is 0 Å². The zero-order valence-corrected chi connectivity index (χ0v) is 11.7. The first-order chi connectivity index (χ1) is 9.18. The van der Waals surface area contributed by atoms with Crippen molar-refractivity contribution in [3.8, 4) is 11.1 Å². The van der Waals surface area contributed by atoms with Crippen LogP contribution >= 0.6 is 11.6 Å². The molecule has 0 spiro atoms. The maximum absolute atomic E-state index is 6.28. The van der Waals surface area contributed by atoms with Crippen molar-refractivity contribution in [3.63, 3.8) is 0 Å². The second-order valence-corrected chi connectivity index (χ2v) is 5.71. The summed E-state index contributed by atoms with van der Waals surface area (Å²) in [5.41, 5.74) is 8.73. The molecule has 100 valence electrons. The number of hydrogen-bond acceptors (Lipinski definition) is 3. The number of aromatic nitrogens is 1. The molecule has 0 saturated heterocycles. The van der Waals surface area contributed by atoms with Crippen LogP contribution in [0.2, 0.25) is 5.02 Å². The quantitative estimate of drug-likeness (QED) is 0.880. The lowest BCUT2D eigenvalue weighted by atomic mass is 9.90. The summed E-state index contributed by atoms with van der Waals surface area (Å²) in [4.78, 5) is 0. The molecule has 1 saturated carbocycles. The fourth-order valence-corrected chi connectivity index (χ4v) is 3.29. The van der Waals surface area contributed by atoms with E-state index in [1.807, 2.05) is 24.3 Å². The first-order valence-corrected chi connectivity index (χ1v) is 7.06. The fourth-order valence-electron chi connectivity index (χ4n) is 3.06. The summed E-state index contributed by atoms with van der Waals surface area (Å²) in [7, 11) is 0. The van der Waals surface area contributed by atoms with Crippen molar-refractivity contribution in [2.24, 2.45) is 5.92 Å². The molecule has 0 radical (unpaired) electrons. The van der Waals surface area contributed by atoms with Gasteiger partial charge >= 0.3 is 0 Å². The topological polar surface area (TPSA) is 52.0 Å². The van der Waals surface area contributed by atoms with E-state index in [9.17, 15) is 0 Å². The van der Waals surface area contributed by atoms with Crippen LogP contribution < -0.4 is 5.73 Å². The third-order valence-electron chi connectivity index (χ3n) is 4.10. The lowest BCUT2D eigenvalue weighted by Gasteiger charge is -2.14. The smallest absolute Gasteiger partial charge is 0.230 e. The first-order valence-electron chi connectivity index (χ1n) is 6.68. The van der Waals surface area contributed by atoms with Crippen molar-refractivity contribution in [2.75, 3.05) is 5.73 Å². The van der Waals surface area contributed by atoms with Crippen LogP contribution in [0.25, 0.3) is 11.1 Å². The molecule has 1 aromatic carbocycles. The molecule has 19 heavy (non-hydrogen) atoms. The van der Waals surface area contributed by atoms with Gasteiger partial charge in [-0.2, -0.15) is 0 Å². The molecule has 2 unspecified atom stereocenters. The van der Waals surface area contributed by atoms with Gasteiger partial charge in [0.25, 0.3) is 0 Å². The standard InChI is InChI=1S/C15H17ClN2O/c1-9-5-4-7-10(9)14-13(15(17)19-18-14)11-6-2-3-8-12(11)16/h2-3,6,8-10H,4-5,7,17H2,1H3. The molecule has 2 aromatic rings. The average molecular weight is 277 g/mol. The largest absolute Gasteiger partial charge is 0.367 e. The van der Waals surface area contributed by atoms with E-state index in [0.717, 1.165) is 23.2 Å². The molecule has 2 atom stereocenters. The predicted octanol–water partition coefficient (Wildman–Crippen LogP) is 4.48. The van der Waals surface area contributed by atoms with E-state index in [1.54, 1.807) is 0 Å². The first kappa shape index (κ1) is 12.5. The predicted molar refractivity (Wildman–Crippen MR) is 77.1 cm³/mol. The number of hydrogen-bond donors (Lipinski definition) is 1. The van der Waals surface area contributed by atoms with Crippen molar-refractivity contribution in [1.82, 2.24) is 5.16 Å². The maximum Gasteiger partial charge on any atom is 0.230 e. The summed E-state index contributed by atoms with van der Waals surface area (Å²) in [6.45, 7) is 2.26. The minimum Gasteiger partial charge on any atom is -0.367 e. The van der Waals surface area contributed by atoms with Gasteiger partial charge in [-0.25, -0.2) is 0 Å². The Morgan fingerprint density at radius 1 is 1.32 bits per heavy atom. The van der Waals surface area contributed by atoms with Crippen LogP contribution in [-0.4, -0.2) is 5.16 Å². The van der Waals surface area contributed by atoms with Gasteiger partial charge in [0.2, 0.25) is 5.88 Å². The molecule has 0 amide bonds. The van der Waals surface area contributed by atoms with Crippen molar-refractivity contribution >= 4 is 17.5 Å². The monoisotopic (exact) mass is 276 g/mol.